The van der Waals surface area contributed by atoms with E-state index in [1.807, 2.05) is 0 Å². The number of hydrogen-bond acceptors (Lipinski definition) is 5. The van der Waals surface area contributed by atoms with E-state index in [4.69, 9.17) is 23.2 Å². The van der Waals surface area contributed by atoms with Crippen molar-refractivity contribution in [2.24, 2.45) is 0 Å². The van der Waals surface area contributed by atoms with Crippen LogP contribution in [0.1, 0.15) is 0 Å². The predicted octanol–water partition coefficient (Wildman–Crippen LogP) is 1.58. The molecule has 0 unspecified atom stereocenters. The quantitative estimate of drug-likeness (QED) is 0.308. The van der Waals surface area contributed by atoms with Gasteiger partial charge in [-0.3, -0.25) is 20.4 Å². The van der Waals surface area contributed by atoms with E-state index in [0.29, 0.717) is 21.2 Å². The van der Waals surface area contributed by atoms with Gasteiger partial charge in [0.15, 0.2) is 11.6 Å². The predicted molar refractivity (Wildman–Crippen MR) is 90.3 cm³/mol. The summed E-state index contributed by atoms with van der Waals surface area (Å²) in [5, 5.41) is 0.671. The molecule has 25 heavy (non-hydrogen) atoms. The molecular weight excluding hydrogens is 419 g/mol. The Hall–Kier alpha value is -2.25. The summed E-state index contributed by atoms with van der Waals surface area (Å²) in [6, 6.07) is -0.634. The Morgan fingerprint density at radius 2 is 1.20 bits per heavy atom. The summed E-state index contributed by atoms with van der Waals surface area (Å²) in [7, 11) is 0. The molecule has 2 aliphatic carbocycles. The van der Waals surface area contributed by atoms with E-state index >= 15 is 0 Å². The average Bonchev–Trinajstić information content (AvgIpc) is 2.51. The van der Waals surface area contributed by atoms with E-state index in [2.05, 4.69) is 21.7 Å². The summed E-state index contributed by atoms with van der Waals surface area (Å²) in [6.07, 6.45) is 11.3. The molecule has 0 fully saturated rings. The number of allylic oxidation sites excluding steroid dienone is 10. The van der Waals surface area contributed by atoms with Crippen molar-refractivity contribution in [2.45, 2.75) is 0 Å². The number of amides is 2. The molecule has 0 aromatic rings. The third kappa shape index (κ3) is 6.64. The summed E-state index contributed by atoms with van der Waals surface area (Å²) in [5.74, 6) is -0.566. The molecule has 0 aromatic heterocycles. The number of ketones is 2. The summed E-state index contributed by atoms with van der Waals surface area (Å²) in [4.78, 5) is 34.6. The topological polar surface area (TPSA) is 99.3 Å². The van der Waals surface area contributed by atoms with Crippen molar-refractivity contribution < 1.29 is 31.5 Å². The number of nitrogens with one attached hydrogen (secondary N) is 4. The molecule has 135 valence electrons. The van der Waals surface area contributed by atoms with Crippen LogP contribution in [-0.4, -0.2) is 17.6 Å². The number of rotatable bonds is 4. The first-order chi connectivity index (χ1) is 11.5. The molecule has 4 N–H and O–H groups in total. The van der Waals surface area contributed by atoms with Crippen LogP contribution in [0.4, 0.5) is 4.79 Å². The van der Waals surface area contributed by atoms with Gasteiger partial charge in [0, 0.05) is 62.8 Å². The minimum Gasteiger partial charge on any atom is -0.304 e. The Kier molecular flexibility index (Phi) is 8.24. The van der Waals surface area contributed by atoms with Crippen molar-refractivity contribution in [3.05, 3.63) is 70.1 Å². The van der Waals surface area contributed by atoms with Crippen LogP contribution in [0.25, 0.3) is 0 Å². The zero-order valence-corrected chi connectivity index (χ0v) is 14.9. The van der Waals surface area contributed by atoms with Crippen molar-refractivity contribution in [2.75, 3.05) is 0 Å². The monoisotopic (exact) mass is 429 g/mol. The second-order valence-electron chi connectivity index (χ2n) is 4.52. The summed E-state index contributed by atoms with van der Waals surface area (Å²) >= 11 is 11.3. The van der Waals surface area contributed by atoms with Crippen LogP contribution >= 0.6 is 23.2 Å². The van der Waals surface area contributed by atoms with Crippen LogP contribution in [0.5, 0.6) is 0 Å². The molecule has 10 heteroatoms. The van der Waals surface area contributed by atoms with E-state index in [1.165, 1.54) is 36.7 Å². The Morgan fingerprint density at radius 1 is 0.800 bits per heavy atom. The molecular formula is C15H12Cl2CuN4O3. The van der Waals surface area contributed by atoms with E-state index in [-0.39, 0.29) is 28.6 Å². The molecule has 0 heterocycles. The van der Waals surface area contributed by atoms with Gasteiger partial charge in [-0.2, -0.15) is 0 Å². The maximum Gasteiger partial charge on any atom is 0.351 e. The fourth-order valence-corrected chi connectivity index (χ4v) is 1.97. The fourth-order valence-electron chi connectivity index (χ4n) is 1.64. The molecule has 0 saturated heterocycles. The minimum absolute atomic E-state index is 0. The van der Waals surface area contributed by atoms with Gasteiger partial charge in [-0.15, -0.1) is 0 Å². The smallest absolute Gasteiger partial charge is 0.304 e. The first-order valence-electron chi connectivity index (χ1n) is 6.62. The second-order valence-corrected chi connectivity index (χ2v) is 5.39. The molecule has 0 aliphatic heterocycles. The standard InChI is InChI=1S/C15H12Cl2N4O3.Cu/c16-11-3-1-9(13(22)5-11)7-18-20-15(24)21-19-8-10-2-4-12(17)6-14(10)23;/h1-8,18-19H,(H2,20,21,24);/b9-7-,10-8-;. The average molecular weight is 431 g/mol. The van der Waals surface area contributed by atoms with Crippen molar-refractivity contribution >= 4 is 40.8 Å². The first-order valence-corrected chi connectivity index (χ1v) is 7.38. The van der Waals surface area contributed by atoms with Crippen molar-refractivity contribution in [3.8, 4) is 0 Å². The van der Waals surface area contributed by atoms with Gasteiger partial charge in [-0.25, -0.2) is 4.79 Å². The molecule has 7 nitrogen and oxygen atoms in total. The van der Waals surface area contributed by atoms with Crippen molar-refractivity contribution in [3.63, 3.8) is 0 Å². The number of hydrogen-bond donors (Lipinski definition) is 4. The number of halogens is 2. The zero-order chi connectivity index (χ0) is 17.5. The molecule has 1 radical (unpaired) electrons. The maximum atomic E-state index is 11.6. The molecule has 0 atom stereocenters. The largest absolute Gasteiger partial charge is 0.351 e. The van der Waals surface area contributed by atoms with E-state index in [0.717, 1.165) is 0 Å². The fraction of sp³-hybridized carbons (Fsp3) is 0. The molecule has 0 spiro atoms. The van der Waals surface area contributed by atoms with Gasteiger partial charge < -0.3 is 10.9 Å². The van der Waals surface area contributed by atoms with Crippen LogP contribution in [0.2, 0.25) is 0 Å². The number of hydrazine groups is 2. The molecule has 0 aromatic carbocycles. The number of carbonyl (C=O) groups excluding carboxylic acids is 3. The minimum atomic E-state index is -0.634. The zero-order valence-electron chi connectivity index (χ0n) is 12.4. The second kappa shape index (κ2) is 9.90. The van der Waals surface area contributed by atoms with Gasteiger partial charge in [-0.05, 0) is 24.3 Å². The van der Waals surface area contributed by atoms with Crippen LogP contribution in [0.15, 0.2) is 70.1 Å². The number of carbonyl (C=O) groups is 3. The Labute approximate surface area is 164 Å². The van der Waals surface area contributed by atoms with Gasteiger partial charge in [0.1, 0.15) is 0 Å². The Morgan fingerprint density at radius 3 is 1.56 bits per heavy atom. The summed E-state index contributed by atoms with van der Waals surface area (Å²) in [5.41, 5.74) is 10.1. The molecule has 0 saturated carbocycles. The summed E-state index contributed by atoms with van der Waals surface area (Å²) in [6.45, 7) is 0. The van der Waals surface area contributed by atoms with Gasteiger partial charge in [0.2, 0.25) is 0 Å². The first kappa shape index (κ1) is 20.8. The van der Waals surface area contributed by atoms with E-state index in [1.54, 1.807) is 12.2 Å². The van der Waals surface area contributed by atoms with Gasteiger partial charge in [-0.1, -0.05) is 23.2 Å². The van der Waals surface area contributed by atoms with Gasteiger partial charge in [0.25, 0.3) is 0 Å². The molecule has 0 bridgehead atoms. The van der Waals surface area contributed by atoms with Crippen molar-refractivity contribution in [1.29, 1.82) is 0 Å². The van der Waals surface area contributed by atoms with Gasteiger partial charge >= 0.3 is 6.03 Å². The normalized spacial score (nSPS) is 19.1. The Bertz CT molecular complexity index is 705. The molecule has 2 amide bonds. The van der Waals surface area contributed by atoms with Crippen molar-refractivity contribution in [1.82, 2.24) is 21.7 Å². The van der Waals surface area contributed by atoms with Crippen LogP contribution < -0.4 is 21.7 Å². The third-order valence-electron chi connectivity index (χ3n) is 2.78. The summed E-state index contributed by atoms with van der Waals surface area (Å²) < 4.78 is 0. The van der Waals surface area contributed by atoms with E-state index < -0.39 is 6.03 Å². The third-order valence-corrected chi connectivity index (χ3v) is 3.25. The van der Waals surface area contributed by atoms with Crippen LogP contribution in [0, 0.1) is 0 Å². The molecule has 2 aliphatic rings. The SMILES string of the molecule is O=C(NN/C=C1/C=CC(Cl)=CC1=O)NN/C=C1/C=CC(Cl)=CC1=O.[Cu]. The number of urea groups is 1. The van der Waals surface area contributed by atoms with E-state index in [9.17, 15) is 14.4 Å². The van der Waals surface area contributed by atoms with Gasteiger partial charge in [0.05, 0.1) is 0 Å². The molecule has 2 rings (SSSR count). The Balaban J connectivity index is 0.00000312. The van der Waals surface area contributed by atoms with Crippen LogP contribution in [-0.2, 0) is 26.7 Å². The maximum absolute atomic E-state index is 11.6. The van der Waals surface area contributed by atoms with Crippen LogP contribution in [0.3, 0.4) is 0 Å².